The van der Waals surface area contributed by atoms with E-state index in [9.17, 15) is 0 Å². The van der Waals surface area contributed by atoms with E-state index >= 15 is 0 Å². The monoisotopic (exact) mass is 238 g/mol. The number of rotatable bonds is 3. The molecule has 1 fully saturated rings. The fraction of sp³-hybridized carbons (Fsp3) is 0.462. The number of carbonyl (C=O) groups is 1. The molecule has 1 aromatic carbocycles. The summed E-state index contributed by atoms with van der Waals surface area (Å²) < 4.78 is 10.5. The summed E-state index contributed by atoms with van der Waals surface area (Å²) in [5, 5.41) is 6.89. The number of hydrogen-bond acceptors (Lipinski definition) is 3. The van der Waals surface area contributed by atoms with Crippen molar-refractivity contribution >= 4 is 6.47 Å². The molecule has 0 spiro atoms. The first-order valence-electron chi connectivity index (χ1n) is 5.56. The van der Waals surface area contributed by atoms with Crippen LogP contribution in [0.2, 0.25) is 0 Å². The van der Waals surface area contributed by atoms with Gasteiger partial charge in [0.1, 0.15) is 0 Å². The fourth-order valence-corrected chi connectivity index (χ4v) is 1.85. The molecular weight excluding hydrogens is 220 g/mol. The van der Waals surface area contributed by atoms with E-state index in [2.05, 4.69) is 12.1 Å². The van der Waals surface area contributed by atoms with E-state index in [1.54, 1.807) is 14.2 Å². The zero-order chi connectivity index (χ0) is 12.7. The third-order valence-corrected chi connectivity index (χ3v) is 2.98. The molecule has 0 heterocycles. The normalized spacial score (nSPS) is 14.0. The van der Waals surface area contributed by atoms with Crippen molar-refractivity contribution in [3.63, 3.8) is 0 Å². The minimum Gasteiger partial charge on any atom is -0.493 e. The van der Waals surface area contributed by atoms with Crippen LogP contribution in [0.15, 0.2) is 18.2 Å². The lowest BCUT2D eigenvalue weighted by molar-refractivity contribution is -0.122. The van der Waals surface area contributed by atoms with Crippen molar-refractivity contribution < 1.29 is 19.4 Å². The second-order valence-electron chi connectivity index (χ2n) is 3.85. The standard InChI is InChI=1S/C12H16O2.CH2O2/c1-13-11-7-6-10(8-12(11)14-2)9-4-3-5-9;2-1-3/h6-9H,3-5H2,1-2H3;1H,(H,2,3). The molecule has 1 aliphatic carbocycles. The smallest absolute Gasteiger partial charge is 0.290 e. The van der Waals surface area contributed by atoms with Crippen LogP contribution >= 0.6 is 0 Å². The molecule has 94 valence electrons. The summed E-state index contributed by atoms with van der Waals surface area (Å²) in [5.41, 5.74) is 1.38. The molecule has 0 radical (unpaired) electrons. The average molecular weight is 238 g/mol. The highest BCUT2D eigenvalue weighted by molar-refractivity contribution is 5.44. The highest BCUT2D eigenvalue weighted by Gasteiger charge is 2.20. The van der Waals surface area contributed by atoms with Crippen molar-refractivity contribution in [2.45, 2.75) is 25.2 Å². The first-order chi connectivity index (χ1) is 8.26. The molecule has 0 bridgehead atoms. The van der Waals surface area contributed by atoms with Gasteiger partial charge in [-0.25, -0.2) is 0 Å². The van der Waals surface area contributed by atoms with Gasteiger partial charge in [0.2, 0.25) is 0 Å². The number of methoxy groups -OCH3 is 2. The second-order valence-corrected chi connectivity index (χ2v) is 3.85. The quantitative estimate of drug-likeness (QED) is 0.822. The molecule has 1 aliphatic rings. The Morgan fingerprint density at radius 3 is 2.24 bits per heavy atom. The third-order valence-electron chi connectivity index (χ3n) is 2.98. The molecule has 2 rings (SSSR count). The Morgan fingerprint density at radius 2 is 1.82 bits per heavy atom. The van der Waals surface area contributed by atoms with Gasteiger partial charge < -0.3 is 14.6 Å². The number of carboxylic acid groups (broad SMARTS) is 1. The first kappa shape index (κ1) is 13.4. The largest absolute Gasteiger partial charge is 0.493 e. The van der Waals surface area contributed by atoms with E-state index < -0.39 is 0 Å². The summed E-state index contributed by atoms with van der Waals surface area (Å²) >= 11 is 0. The molecule has 1 aromatic rings. The van der Waals surface area contributed by atoms with E-state index in [-0.39, 0.29) is 6.47 Å². The molecule has 17 heavy (non-hydrogen) atoms. The summed E-state index contributed by atoms with van der Waals surface area (Å²) in [6.07, 6.45) is 3.99. The van der Waals surface area contributed by atoms with Crippen LogP contribution in [0.5, 0.6) is 11.5 Å². The Labute approximate surface area is 101 Å². The fourth-order valence-electron chi connectivity index (χ4n) is 1.85. The molecule has 0 aliphatic heterocycles. The van der Waals surface area contributed by atoms with Gasteiger partial charge in [0, 0.05) is 0 Å². The minimum atomic E-state index is -0.250. The molecule has 0 amide bonds. The zero-order valence-electron chi connectivity index (χ0n) is 10.2. The van der Waals surface area contributed by atoms with E-state index in [1.165, 1.54) is 24.8 Å². The van der Waals surface area contributed by atoms with Crippen LogP contribution in [0.4, 0.5) is 0 Å². The van der Waals surface area contributed by atoms with Gasteiger partial charge in [0.25, 0.3) is 6.47 Å². The molecule has 0 saturated heterocycles. The lowest BCUT2D eigenvalue weighted by Gasteiger charge is -2.26. The van der Waals surface area contributed by atoms with Crippen LogP contribution in [0, 0.1) is 0 Å². The maximum atomic E-state index is 8.36. The van der Waals surface area contributed by atoms with Gasteiger partial charge in [0.15, 0.2) is 11.5 Å². The van der Waals surface area contributed by atoms with Crippen molar-refractivity contribution in [1.29, 1.82) is 0 Å². The molecule has 0 aromatic heterocycles. The highest BCUT2D eigenvalue weighted by Crippen LogP contribution is 2.39. The number of benzene rings is 1. The summed E-state index contributed by atoms with van der Waals surface area (Å²) in [7, 11) is 3.35. The Kier molecular flexibility index (Phi) is 5.33. The van der Waals surface area contributed by atoms with E-state index in [0.29, 0.717) is 0 Å². The van der Waals surface area contributed by atoms with E-state index in [0.717, 1.165) is 17.4 Å². The number of ether oxygens (including phenoxy) is 2. The number of hydrogen-bond donors (Lipinski definition) is 1. The van der Waals surface area contributed by atoms with Crippen LogP contribution in [0.1, 0.15) is 30.7 Å². The Morgan fingerprint density at radius 1 is 1.24 bits per heavy atom. The van der Waals surface area contributed by atoms with Crippen molar-refractivity contribution in [2.24, 2.45) is 0 Å². The topological polar surface area (TPSA) is 55.8 Å². The summed E-state index contributed by atoms with van der Waals surface area (Å²) in [6.45, 7) is -0.250. The highest BCUT2D eigenvalue weighted by atomic mass is 16.5. The summed E-state index contributed by atoms with van der Waals surface area (Å²) in [4.78, 5) is 8.36. The molecule has 0 unspecified atom stereocenters. The minimum absolute atomic E-state index is 0.250. The van der Waals surface area contributed by atoms with Gasteiger partial charge >= 0.3 is 0 Å². The van der Waals surface area contributed by atoms with Gasteiger partial charge in [-0.2, -0.15) is 0 Å². The van der Waals surface area contributed by atoms with Crippen molar-refractivity contribution in [3.05, 3.63) is 23.8 Å². The van der Waals surface area contributed by atoms with Crippen LogP contribution in [0.25, 0.3) is 0 Å². The Hall–Kier alpha value is -1.71. The van der Waals surface area contributed by atoms with Crippen molar-refractivity contribution in [3.8, 4) is 11.5 Å². The SMILES string of the molecule is COc1ccc(C2CCC2)cc1OC.O=CO. The van der Waals surface area contributed by atoms with Crippen LogP contribution in [-0.2, 0) is 4.79 Å². The van der Waals surface area contributed by atoms with E-state index in [1.807, 2.05) is 6.07 Å². The van der Waals surface area contributed by atoms with Crippen molar-refractivity contribution in [2.75, 3.05) is 14.2 Å². The van der Waals surface area contributed by atoms with Crippen LogP contribution < -0.4 is 9.47 Å². The van der Waals surface area contributed by atoms with Gasteiger partial charge in [-0.05, 0) is 36.5 Å². The molecular formula is C13H18O4. The third kappa shape index (κ3) is 3.37. The van der Waals surface area contributed by atoms with Gasteiger partial charge in [0.05, 0.1) is 14.2 Å². The molecule has 4 heteroatoms. The van der Waals surface area contributed by atoms with Crippen molar-refractivity contribution in [1.82, 2.24) is 0 Å². The molecule has 1 saturated carbocycles. The lowest BCUT2D eigenvalue weighted by Crippen LogP contribution is -2.08. The predicted molar refractivity (Wildman–Crippen MR) is 64.8 cm³/mol. The molecule has 4 nitrogen and oxygen atoms in total. The van der Waals surface area contributed by atoms with Gasteiger partial charge in [-0.15, -0.1) is 0 Å². The lowest BCUT2D eigenvalue weighted by atomic mass is 9.80. The average Bonchev–Trinajstić information content (AvgIpc) is 2.27. The van der Waals surface area contributed by atoms with Crippen LogP contribution in [0.3, 0.4) is 0 Å². The predicted octanol–water partition coefficient (Wildman–Crippen LogP) is 2.67. The molecule has 1 N–H and O–H groups in total. The van der Waals surface area contributed by atoms with Crippen LogP contribution in [-0.4, -0.2) is 25.8 Å². The first-order valence-corrected chi connectivity index (χ1v) is 5.56. The Balaban J connectivity index is 0.000000437. The molecule has 0 atom stereocenters. The maximum absolute atomic E-state index is 8.36. The van der Waals surface area contributed by atoms with Gasteiger partial charge in [-0.3, -0.25) is 4.79 Å². The summed E-state index contributed by atoms with van der Waals surface area (Å²) in [6, 6.07) is 6.24. The van der Waals surface area contributed by atoms with Gasteiger partial charge in [-0.1, -0.05) is 12.5 Å². The zero-order valence-corrected chi connectivity index (χ0v) is 10.2. The summed E-state index contributed by atoms with van der Waals surface area (Å²) in [5.74, 6) is 2.40. The second kappa shape index (κ2) is 6.78. The maximum Gasteiger partial charge on any atom is 0.290 e. The Bertz CT molecular complexity index is 358. The van der Waals surface area contributed by atoms with E-state index in [4.69, 9.17) is 19.4 Å².